The first-order chi connectivity index (χ1) is 17.0. The van der Waals surface area contributed by atoms with Crippen molar-refractivity contribution in [2.75, 3.05) is 39.8 Å². The number of hydrogen-bond acceptors (Lipinski definition) is 5. The molecule has 1 saturated heterocycles. The van der Waals surface area contributed by atoms with Crippen LogP contribution in [0.3, 0.4) is 0 Å². The van der Waals surface area contributed by atoms with Gasteiger partial charge in [-0.15, -0.1) is 0 Å². The number of methoxy groups -OCH3 is 1. The molecule has 0 aliphatic carbocycles. The fraction of sp³-hybridized carbons (Fsp3) is 0.296. The van der Waals surface area contributed by atoms with E-state index in [1.54, 1.807) is 17.0 Å². The Kier molecular flexibility index (Phi) is 8.17. The summed E-state index contributed by atoms with van der Waals surface area (Å²) in [7, 11) is -2.36. The van der Waals surface area contributed by atoms with Crippen LogP contribution in [0.4, 0.5) is 0 Å². The van der Waals surface area contributed by atoms with Crippen LogP contribution in [0.5, 0.6) is 5.75 Å². The Bertz CT molecular complexity index is 1190. The van der Waals surface area contributed by atoms with Gasteiger partial charge in [-0.05, 0) is 35.4 Å². The highest BCUT2D eigenvalue weighted by molar-refractivity contribution is 7.89. The van der Waals surface area contributed by atoms with Gasteiger partial charge in [-0.1, -0.05) is 60.7 Å². The second-order valence-corrected chi connectivity index (χ2v) is 10.5. The van der Waals surface area contributed by atoms with E-state index in [1.807, 2.05) is 48.5 Å². The zero-order valence-electron chi connectivity index (χ0n) is 19.9. The normalized spacial score (nSPS) is 14.7. The lowest BCUT2D eigenvalue weighted by Gasteiger charge is -2.35. The zero-order chi connectivity index (χ0) is 24.7. The lowest BCUT2D eigenvalue weighted by atomic mass is 10.2. The van der Waals surface area contributed by atoms with Crippen molar-refractivity contribution in [3.05, 3.63) is 96.1 Å². The summed E-state index contributed by atoms with van der Waals surface area (Å²) in [5, 5.41) is 0. The molecule has 184 valence electrons. The first kappa shape index (κ1) is 24.9. The molecule has 1 fully saturated rings. The molecule has 0 radical (unpaired) electrons. The monoisotopic (exact) mass is 493 g/mol. The van der Waals surface area contributed by atoms with Gasteiger partial charge in [-0.2, -0.15) is 4.31 Å². The van der Waals surface area contributed by atoms with Crippen LogP contribution in [0.15, 0.2) is 89.8 Å². The Labute approximate surface area is 207 Å². The van der Waals surface area contributed by atoms with E-state index in [2.05, 4.69) is 17.0 Å². The average molecular weight is 494 g/mol. The molecule has 0 unspecified atom stereocenters. The predicted octanol–water partition coefficient (Wildman–Crippen LogP) is 3.23. The number of benzene rings is 3. The van der Waals surface area contributed by atoms with Crippen LogP contribution in [0.1, 0.15) is 11.1 Å². The molecule has 3 aromatic rings. The van der Waals surface area contributed by atoms with Crippen molar-refractivity contribution in [3.8, 4) is 5.75 Å². The molecule has 4 rings (SSSR count). The van der Waals surface area contributed by atoms with E-state index in [1.165, 1.54) is 29.1 Å². The Morgan fingerprint density at radius 3 is 1.97 bits per heavy atom. The summed E-state index contributed by atoms with van der Waals surface area (Å²) < 4.78 is 33.5. The third-order valence-corrected chi connectivity index (χ3v) is 7.99. The Balaban J connectivity index is 1.45. The molecule has 0 saturated carbocycles. The first-order valence-electron chi connectivity index (χ1n) is 11.7. The molecule has 0 atom stereocenters. The SMILES string of the molecule is COc1ccc(S(=O)(=O)N(CC(=O)N2CCN(Cc3ccccc3)CC2)Cc2ccccc2)cc1. The van der Waals surface area contributed by atoms with Crippen molar-refractivity contribution < 1.29 is 17.9 Å². The standard InChI is InChI=1S/C27H31N3O4S/c1-34-25-12-14-26(15-13-25)35(32,33)30(21-24-10-6-3-7-11-24)22-27(31)29-18-16-28(17-19-29)20-23-8-4-2-5-9-23/h2-15H,16-22H2,1H3. The van der Waals surface area contributed by atoms with Gasteiger partial charge in [0.1, 0.15) is 5.75 Å². The number of amides is 1. The molecule has 0 aromatic heterocycles. The van der Waals surface area contributed by atoms with Crippen LogP contribution in [0.25, 0.3) is 0 Å². The van der Waals surface area contributed by atoms with Gasteiger partial charge in [0.05, 0.1) is 18.6 Å². The van der Waals surface area contributed by atoms with Crippen molar-refractivity contribution in [2.24, 2.45) is 0 Å². The summed E-state index contributed by atoms with van der Waals surface area (Å²) in [5.41, 5.74) is 2.07. The number of sulfonamides is 1. The Hall–Kier alpha value is -3.20. The van der Waals surface area contributed by atoms with Crippen LogP contribution in [-0.4, -0.2) is 68.3 Å². The summed E-state index contributed by atoms with van der Waals surface area (Å²) in [4.78, 5) is 17.4. The number of piperazine rings is 1. The van der Waals surface area contributed by atoms with Gasteiger partial charge in [0.2, 0.25) is 15.9 Å². The highest BCUT2D eigenvalue weighted by atomic mass is 32.2. The van der Waals surface area contributed by atoms with Crippen LogP contribution in [0.2, 0.25) is 0 Å². The largest absolute Gasteiger partial charge is 0.497 e. The van der Waals surface area contributed by atoms with Crippen molar-refractivity contribution in [2.45, 2.75) is 18.0 Å². The van der Waals surface area contributed by atoms with E-state index in [4.69, 9.17) is 4.74 Å². The van der Waals surface area contributed by atoms with Gasteiger partial charge in [0.25, 0.3) is 0 Å². The molecule has 3 aromatic carbocycles. The summed E-state index contributed by atoms with van der Waals surface area (Å²) >= 11 is 0. The molecule has 0 bridgehead atoms. The van der Waals surface area contributed by atoms with E-state index in [9.17, 15) is 13.2 Å². The van der Waals surface area contributed by atoms with Crippen molar-refractivity contribution >= 4 is 15.9 Å². The molecule has 1 heterocycles. The van der Waals surface area contributed by atoms with Crippen LogP contribution < -0.4 is 4.74 Å². The summed E-state index contributed by atoms with van der Waals surface area (Å²) in [6.07, 6.45) is 0. The van der Waals surface area contributed by atoms with E-state index in [0.717, 1.165) is 25.2 Å². The third-order valence-electron chi connectivity index (χ3n) is 6.18. The molecule has 1 amide bonds. The number of rotatable bonds is 9. The van der Waals surface area contributed by atoms with E-state index in [0.29, 0.717) is 18.8 Å². The lowest BCUT2D eigenvalue weighted by molar-refractivity contribution is -0.133. The minimum atomic E-state index is -3.89. The zero-order valence-corrected chi connectivity index (χ0v) is 20.7. The van der Waals surface area contributed by atoms with Crippen LogP contribution in [0, 0.1) is 0 Å². The molecule has 35 heavy (non-hydrogen) atoms. The Morgan fingerprint density at radius 2 is 1.40 bits per heavy atom. The van der Waals surface area contributed by atoms with Gasteiger partial charge in [0.15, 0.2) is 0 Å². The molecular weight excluding hydrogens is 462 g/mol. The highest BCUT2D eigenvalue weighted by Gasteiger charge is 2.30. The van der Waals surface area contributed by atoms with Crippen LogP contribution >= 0.6 is 0 Å². The summed E-state index contributed by atoms with van der Waals surface area (Å²) in [5.74, 6) is 0.389. The van der Waals surface area contributed by atoms with Gasteiger partial charge in [-0.3, -0.25) is 9.69 Å². The van der Waals surface area contributed by atoms with Gasteiger partial charge in [0, 0.05) is 39.3 Å². The fourth-order valence-corrected chi connectivity index (χ4v) is 5.54. The summed E-state index contributed by atoms with van der Waals surface area (Å²) in [6.45, 7) is 3.42. The number of carbonyl (C=O) groups is 1. The first-order valence-corrected chi connectivity index (χ1v) is 13.1. The summed E-state index contributed by atoms with van der Waals surface area (Å²) in [6, 6.07) is 25.8. The quantitative estimate of drug-likeness (QED) is 0.458. The van der Waals surface area contributed by atoms with Crippen LogP contribution in [-0.2, 0) is 27.9 Å². The minimum absolute atomic E-state index is 0.120. The highest BCUT2D eigenvalue weighted by Crippen LogP contribution is 2.22. The molecule has 7 nitrogen and oxygen atoms in total. The Morgan fingerprint density at radius 1 is 0.829 bits per heavy atom. The molecule has 0 spiro atoms. The topological polar surface area (TPSA) is 70.2 Å². The minimum Gasteiger partial charge on any atom is -0.497 e. The molecule has 8 heteroatoms. The second-order valence-electron chi connectivity index (χ2n) is 8.58. The average Bonchev–Trinajstić information content (AvgIpc) is 2.90. The maximum atomic E-state index is 13.5. The third kappa shape index (κ3) is 6.48. The number of hydrogen-bond donors (Lipinski definition) is 0. The van der Waals surface area contributed by atoms with E-state index < -0.39 is 10.0 Å². The van der Waals surface area contributed by atoms with E-state index >= 15 is 0 Å². The predicted molar refractivity (Wildman–Crippen MR) is 135 cm³/mol. The van der Waals surface area contributed by atoms with Gasteiger partial charge >= 0.3 is 0 Å². The van der Waals surface area contributed by atoms with E-state index in [-0.39, 0.29) is 23.9 Å². The van der Waals surface area contributed by atoms with Gasteiger partial charge in [-0.25, -0.2) is 8.42 Å². The molecule has 1 aliphatic heterocycles. The maximum absolute atomic E-state index is 13.5. The number of carbonyl (C=O) groups excluding carboxylic acids is 1. The molecule has 1 aliphatic rings. The molecular formula is C27H31N3O4S. The number of nitrogens with zero attached hydrogens (tertiary/aromatic N) is 3. The van der Waals surface area contributed by atoms with Crippen molar-refractivity contribution in [1.29, 1.82) is 0 Å². The second kappa shape index (κ2) is 11.5. The smallest absolute Gasteiger partial charge is 0.243 e. The maximum Gasteiger partial charge on any atom is 0.243 e. The molecule has 0 N–H and O–H groups in total. The lowest BCUT2D eigenvalue weighted by Crippen LogP contribution is -2.51. The number of ether oxygens (including phenoxy) is 1. The van der Waals surface area contributed by atoms with Crippen molar-refractivity contribution in [3.63, 3.8) is 0 Å². The van der Waals surface area contributed by atoms with Crippen molar-refractivity contribution in [1.82, 2.24) is 14.1 Å². The van der Waals surface area contributed by atoms with Gasteiger partial charge < -0.3 is 9.64 Å². The fourth-order valence-electron chi connectivity index (χ4n) is 4.16.